The van der Waals surface area contributed by atoms with Crippen LogP contribution in [-0.2, 0) is 9.53 Å². The van der Waals surface area contributed by atoms with Crippen LogP contribution in [0.4, 0.5) is 11.4 Å². The number of nitrogens with one attached hydrogen (secondary N) is 1. The zero-order chi connectivity index (χ0) is 19.0. The Morgan fingerprint density at radius 3 is 2.46 bits per heavy atom. The lowest BCUT2D eigenvalue weighted by atomic mass is 9.93. The molecule has 2 aliphatic rings. The molecule has 0 aromatic heterocycles. The molecule has 2 N–H and O–H groups in total. The Kier molecular flexibility index (Phi) is 7.63. The largest absolute Gasteiger partial charge is 0.478 e. The number of nitrogens with zero attached hydrogens (tertiary/aromatic N) is 1. The lowest BCUT2D eigenvalue weighted by Crippen LogP contribution is -2.35. The second kappa shape index (κ2) is 9.71. The van der Waals surface area contributed by atoms with E-state index in [1.54, 1.807) is 24.9 Å². The van der Waals surface area contributed by atoms with E-state index in [4.69, 9.17) is 0 Å². The third-order valence-electron chi connectivity index (χ3n) is 4.92. The van der Waals surface area contributed by atoms with Crippen molar-refractivity contribution >= 4 is 35.8 Å². The number of ether oxygens (including phenoxy) is 1. The standard InChI is InChI=1S/C16H22N2O2S.C3H6O2/c1-2-21-17-12-3-4-13(15(19)20)14(11-12)18-9-7-16(5-6-16)8-10-18;1-2-5-3-4/h3-4,11,17H,2,5-10H2,1H3,(H,19,20);3H,2H2,1H3. The smallest absolute Gasteiger partial charge is 0.337 e. The molecule has 7 heteroatoms. The molecule has 1 saturated heterocycles. The zero-order valence-electron chi connectivity index (χ0n) is 15.5. The van der Waals surface area contributed by atoms with E-state index in [0.29, 0.717) is 24.1 Å². The number of anilines is 2. The Labute approximate surface area is 159 Å². The minimum absolute atomic E-state index is 0.411. The number of hydrogen-bond acceptors (Lipinski definition) is 6. The van der Waals surface area contributed by atoms with Crippen LogP contribution in [0, 0.1) is 5.41 Å². The third kappa shape index (κ3) is 5.56. The number of carboxylic acid groups (broad SMARTS) is 1. The van der Waals surface area contributed by atoms with Gasteiger partial charge in [0.2, 0.25) is 0 Å². The number of carboxylic acids is 1. The first-order valence-electron chi connectivity index (χ1n) is 9.10. The highest BCUT2D eigenvalue weighted by molar-refractivity contribution is 8.00. The Morgan fingerprint density at radius 2 is 2.00 bits per heavy atom. The maximum absolute atomic E-state index is 11.5. The number of rotatable bonds is 7. The normalized spacial score (nSPS) is 17.1. The monoisotopic (exact) mass is 380 g/mol. The summed E-state index contributed by atoms with van der Waals surface area (Å²) in [6.45, 7) is 6.71. The highest BCUT2D eigenvalue weighted by Gasteiger charge is 2.44. The molecule has 1 aromatic carbocycles. The molecule has 0 atom stereocenters. The van der Waals surface area contributed by atoms with Crippen LogP contribution in [0.15, 0.2) is 18.2 Å². The highest BCUT2D eigenvalue weighted by Crippen LogP contribution is 2.54. The number of carbonyl (C=O) groups is 2. The summed E-state index contributed by atoms with van der Waals surface area (Å²) in [7, 11) is 0. The Hall–Kier alpha value is -1.89. The maximum atomic E-state index is 11.5. The van der Waals surface area contributed by atoms with Gasteiger partial charge in [-0.15, -0.1) is 0 Å². The summed E-state index contributed by atoms with van der Waals surface area (Å²) in [6.07, 6.45) is 5.13. The summed E-state index contributed by atoms with van der Waals surface area (Å²) in [5.41, 5.74) is 2.86. The second-order valence-corrected chi connectivity index (χ2v) is 7.68. The van der Waals surface area contributed by atoms with Crippen molar-refractivity contribution in [3.63, 3.8) is 0 Å². The van der Waals surface area contributed by atoms with E-state index >= 15 is 0 Å². The van der Waals surface area contributed by atoms with Crippen LogP contribution >= 0.6 is 11.9 Å². The van der Waals surface area contributed by atoms with Gasteiger partial charge in [-0.05, 0) is 56.2 Å². The van der Waals surface area contributed by atoms with E-state index in [0.717, 1.165) is 30.2 Å². The molecule has 26 heavy (non-hydrogen) atoms. The number of hydrogen-bond donors (Lipinski definition) is 2. The summed E-state index contributed by atoms with van der Waals surface area (Å²) in [4.78, 5) is 22.9. The average Bonchev–Trinajstić information content (AvgIpc) is 3.40. The fourth-order valence-corrected chi connectivity index (χ4v) is 3.60. The van der Waals surface area contributed by atoms with Gasteiger partial charge in [0.15, 0.2) is 0 Å². The fourth-order valence-electron chi connectivity index (χ4n) is 3.16. The lowest BCUT2D eigenvalue weighted by Gasteiger charge is -2.34. The molecule has 1 aliphatic carbocycles. The Balaban J connectivity index is 0.000000431. The van der Waals surface area contributed by atoms with Gasteiger partial charge in [-0.3, -0.25) is 4.79 Å². The van der Waals surface area contributed by atoms with Gasteiger partial charge in [-0.2, -0.15) is 0 Å². The Morgan fingerprint density at radius 1 is 1.31 bits per heavy atom. The van der Waals surface area contributed by atoms with Gasteiger partial charge in [0.25, 0.3) is 6.47 Å². The molecule has 3 rings (SSSR count). The molecule has 1 saturated carbocycles. The summed E-state index contributed by atoms with van der Waals surface area (Å²) in [5.74, 6) is 0.133. The molecule has 1 aliphatic heterocycles. The van der Waals surface area contributed by atoms with Crippen LogP contribution < -0.4 is 9.62 Å². The fraction of sp³-hybridized carbons (Fsp3) is 0.579. The maximum Gasteiger partial charge on any atom is 0.337 e. The topological polar surface area (TPSA) is 78.9 Å². The molecule has 2 fully saturated rings. The predicted molar refractivity (Wildman–Crippen MR) is 106 cm³/mol. The molecule has 1 spiro atoms. The van der Waals surface area contributed by atoms with Crippen molar-refractivity contribution in [3.8, 4) is 0 Å². The number of piperidine rings is 1. The Bertz CT molecular complexity index is 610. The second-order valence-electron chi connectivity index (χ2n) is 6.61. The first-order valence-corrected chi connectivity index (χ1v) is 10.1. The molecular formula is C19H28N2O4S. The van der Waals surface area contributed by atoms with Gasteiger partial charge in [-0.25, -0.2) is 4.79 Å². The van der Waals surface area contributed by atoms with Gasteiger partial charge in [0.1, 0.15) is 0 Å². The van der Waals surface area contributed by atoms with Crippen LogP contribution in [0.2, 0.25) is 0 Å². The van der Waals surface area contributed by atoms with Crippen LogP contribution in [0.1, 0.15) is 49.9 Å². The van der Waals surface area contributed by atoms with E-state index in [9.17, 15) is 14.7 Å². The molecule has 144 valence electrons. The predicted octanol–water partition coefficient (Wildman–Crippen LogP) is 4.02. The van der Waals surface area contributed by atoms with Gasteiger partial charge in [0, 0.05) is 24.5 Å². The van der Waals surface area contributed by atoms with Crippen LogP contribution in [-0.4, -0.2) is 43.0 Å². The van der Waals surface area contributed by atoms with Crippen LogP contribution in [0.5, 0.6) is 0 Å². The third-order valence-corrected chi connectivity index (χ3v) is 5.59. The summed E-state index contributed by atoms with van der Waals surface area (Å²) < 4.78 is 7.42. The van der Waals surface area contributed by atoms with Crippen molar-refractivity contribution in [1.29, 1.82) is 0 Å². The molecule has 0 bridgehead atoms. The quantitative estimate of drug-likeness (QED) is 0.546. The first kappa shape index (κ1) is 20.4. The van der Waals surface area contributed by atoms with Gasteiger partial charge in [-0.1, -0.05) is 18.9 Å². The summed E-state index contributed by atoms with van der Waals surface area (Å²) in [6, 6.07) is 5.55. The van der Waals surface area contributed by atoms with E-state index in [1.165, 1.54) is 25.7 Å². The molecule has 0 amide bonds. The highest BCUT2D eigenvalue weighted by atomic mass is 32.2. The van der Waals surface area contributed by atoms with Crippen molar-refractivity contribution in [1.82, 2.24) is 0 Å². The summed E-state index contributed by atoms with van der Waals surface area (Å²) in [5, 5.41) is 9.43. The molecular weight excluding hydrogens is 352 g/mol. The summed E-state index contributed by atoms with van der Waals surface area (Å²) >= 11 is 1.62. The molecule has 6 nitrogen and oxygen atoms in total. The molecule has 1 aromatic rings. The van der Waals surface area contributed by atoms with E-state index < -0.39 is 5.97 Å². The van der Waals surface area contributed by atoms with E-state index in [2.05, 4.69) is 21.3 Å². The molecule has 1 heterocycles. The van der Waals surface area contributed by atoms with Gasteiger partial charge in [0.05, 0.1) is 17.9 Å². The number of benzene rings is 1. The van der Waals surface area contributed by atoms with Crippen molar-refractivity contribution in [3.05, 3.63) is 23.8 Å². The van der Waals surface area contributed by atoms with E-state index in [1.807, 2.05) is 12.1 Å². The zero-order valence-corrected chi connectivity index (χ0v) is 16.3. The molecule has 0 radical (unpaired) electrons. The average molecular weight is 381 g/mol. The minimum Gasteiger partial charge on any atom is -0.478 e. The van der Waals surface area contributed by atoms with Gasteiger partial charge < -0.3 is 19.5 Å². The van der Waals surface area contributed by atoms with E-state index in [-0.39, 0.29) is 0 Å². The van der Waals surface area contributed by atoms with Crippen molar-refractivity contribution in [2.45, 2.75) is 39.5 Å². The van der Waals surface area contributed by atoms with Crippen molar-refractivity contribution < 1.29 is 19.4 Å². The van der Waals surface area contributed by atoms with Crippen LogP contribution in [0.25, 0.3) is 0 Å². The first-order chi connectivity index (χ1) is 12.5. The SMILES string of the molecule is CCOC=O.CCSNc1ccc(C(=O)O)c(N2CCC3(CC2)CC3)c1. The lowest BCUT2D eigenvalue weighted by molar-refractivity contribution is -0.128. The number of carbonyl (C=O) groups excluding carboxylic acids is 1. The minimum atomic E-state index is -0.841. The van der Waals surface area contributed by atoms with Crippen molar-refractivity contribution in [2.75, 3.05) is 35.1 Å². The van der Waals surface area contributed by atoms with Crippen LogP contribution in [0.3, 0.4) is 0 Å². The van der Waals surface area contributed by atoms with Crippen molar-refractivity contribution in [2.24, 2.45) is 5.41 Å². The molecule has 0 unspecified atom stereocenters. The number of aromatic carboxylic acids is 1. The van der Waals surface area contributed by atoms with Gasteiger partial charge >= 0.3 is 5.97 Å².